The lowest BCUT2D eigenvalue weighted by molar-refractivity contribution is 0.340. The lowest BCUT2D eigenvalue weighted by atomic mass is 10.1. The van der Waals surface area contributed by atoms with E-state index in [9.17, 15) is 0 Å². The molecule has 3 rings (SSSR count). The van der Waals surface area contributed by atoms with Crippen LogP contribution in [0.3, 0.4) is 0 Å². The first-order valence-corrected chi connectivity index (χ1v) is 7.15. The van der Waals surface area contributed by atoms with Gasteiger partial charge in [0.1, 0.15) is 5.75 Å². The SMILES string of the molecule is CCOc1ccc(NCc2ccc3ncccc3c2)cc1. The number of fused-ring (bicyclic) bond motifs is 1. The second kappa shape index (κ2) is 6.27. The van der Waals surface area contributed by atoms with Gasteiger partial charge in [-0.05, 0) is 55.0 Å². The Morgan fingerprint density at radius 2 is 1.90 bits per heavy atom. The molecule has 0 fully saturated rings. The third-order valence-electron chi connectivity index (χ3n) is 3.33. The van der Waals surface area contributed by atoms with Crippen LogP contribution in [0.25, 0.3) is 10.9 Å². The molecule has 0 spiro atoms. The van der Waals surface area contributed by atoms with Gasteiger partial charge in [-0.1, -0.05) is 12.1 Å². The number of anilines is 1. The molecule has 0 aliphatic heterocycles. The van der Waals surface area contributed by atoms with E-state index < -0.39 is 0 Å². The molecule has 1 aromatic heterocycles. The van der Waals surface area contributed by atoms with Crippen LogP contribution < -0.4 is 10.1 Å². The summed E-state index contributed by atoms with van der Waals surface area (Å²) in [5, 5.41) is 4.59. The number of aromatic nitrogens is 1. The molecule has 0 unspecified atom stereocenters. The largest absolute Gasteiger partial charge is 0.494 e. The first-order valence-electron chi connectivity index (χ1n) is 7.15. The molecule has 21 heavy (non-hydrogen) atoms. The molecule has 3 heteroatoms. The highest BCUT2D eigenvalue weighted by atomic mass is 16.5. The highest BCUT2D eigenvalue weighted by Gasteiger charge is 1.98. The lowest BCUT2D eigenvalue weighted by Gasteiger charge is -2.09. The van der Waals surface area contributed by atoms with Crippen LogP contribution in [0.5, 0.6) is 5.75 Å². The van der Waals surface area contributed by atoms with Crippen molar-refractivity contribution in [2.24, 2.45) is 0 Å². The van der Waals surface area contributed by atoms with E-state index in [1.165, 1.54) is 10.9 Å². The summed E-state index contributed by atoms with van der Waals surface area (Å²) in [6.45, 7) is 3.47. The van der Waals surface area contributed by atoms with Gasteiger partial charge in [0.15, 0.2) is 0 Å². The van der Waals surface area contributed by atoms with Crippen molar-refractivity contribution in [3.63, 3.8) is 0 Å². The van der Waals surface area contributed by atoms with Gasteiger partial charge in [-0.15, -0.1) is 0 Å². The van der Waals surface area contributed by atoms with E-state index >= 15 is 0 Å². The summed E-state index contributed by atoms with van der Waals surface area (Å²) in [5.74, 6) is 0.903. The predicted octanol–water partition coefficient (Wildman–Crippen LogP) is 4.25. The van der Waals surface area contributed by atoms with E-state index in [0.29, 0.717) is 6.61 Å². The number of rotatable bonds is 5. The van der Waals surface area contributed by atoms with Gasteiger partial charge in [-0.2, -0.15) is 0 Å². The number of nitrogens with zero attached hydrogens (tertiary/aromatic N) is 1. The van der Waals surface area contributed by atoms with Crippen LogP contribution in [0.4, 0.5) is 5.69 Å². The summed E-state index contributed by atoms with van der Waals surface area (Å²) in [4.78, 5) is 4.33. The van der Waals surface area contributed by atoms with E-state index in [4.69, 9.17) is 4.74 Å². The minimum Gasteiger partial charge on any atom is -0.494 e. The van der Waals surface area contributed by atoms with Crippen molar-refractivity contribution in [1.82, 2.24) is 4.98 Å². The van der Waals surface area contributed by atoms with Gasteiger partial charge in [0.05, 0.1) is 12.1 Å². The number of hydrogen-bond acceptors (Lipinski definition) is 3. The van der Waals surface area contributed by atoms with Crippen LogP contribution >= 0.6 is 0 Å². The van der Waals surface area contributed by atoms with Gasteiger partial charge in [-0.25, -0.2) is 0 Å². The van der Waals surface area contributed by atoms with Gasteiger partial charge in [0, 0.05) is 23.8 Å². The first-order chi connectivity index (χ1) is 10.3. The molecule has 1 heterocycles. The summed E-state index contributed by atoms with van der Waals surface area (Å²) in [6, 6.07) is 18.4. The number of pyridine rings is 1. The third kappa shape index (κ3) is 3.31. The Kier molecular flexibility index (Phi) is 4.01. The van der Waals surface area contributed by atoms with Crippen LogP contribution in [-0.4, -0.2) is 11.6 Å². The molecule has 106 valence electrons. The van der Waals surface area contributed by atoms with Crippen LogP contribution in [-0.2, 0) is 6.54 Å². The fourth-order valence-corrected chi connectivity index (χ4v) is 2.27. The van der Waals surface area contributed by atoms with Gasteiger partial charge in [0.25, 0.3) is 0 Å². The number of nitrogens with one attached hydrogen (secondary N) is 1. The number of ether oxygens (including phenoxy) is 1. The van der Waals surface area contributed by atoms with Crippen molar-refractivity contribution in [3.8, 4) is 5.75 Å². The molecule has 3 nitrogen and oxygen atoms in total. The van der Waals surface area contributed by atoms with E-state index in [2.05, 4.69) is 34.6 Å². The second-order valence-corrected chi connectivity index (χ2v) is 4.84. The minimum atomic E-state index is 0.692. The van der Waals surface area contributed by atoms with Gasteiger partial charge < -0.3 is 10.1 Å². The molecule has 0 aliphatic carbocycles. The molecular formula is C18H18N2O. The normalized spacial score (nSPS) is 10.5. The average molecular weight is 278 g/mol. The van der Waals surface area contributed by atoms with Crippen molar-refractivity contribution >= 4 is 16.6 Å². The summed E-state index contributed by atoms with van der Waals surface area (Å²) in [6.07, 6.45) is 1.82. The summed E-state index contributed by atoms with van der Waals surface area (Å²) < 4.78 is 5.44. The quantitative estimate of drug-likeness (QED) is 0.757. The third-order valence-corrected chi connectivity index (χ3v) is 3.33. The zero-order valence-corrected chi connectivity index (χ0v) is 12.0. The molecular weight excluding hydrogens is 260 g/mol. The van der Waals surface area contributed by atoms with Crippen molar-refractivity contribution in [1.29, 1.82) is 0 Å². The van der Waals surface area contributed by atoms with Gasteiger partial charge >= 0.3 is 0 Å². The van der Waals surface area contributed by atoms with Crippen molar-refractivity contribution < 1.29 is 4.74 Å². The highest BCUT2D eigenvalue weighted by molar-refractivity contribution is 5.78. The Morgan fingerprint density at radius 3 is 2.71 bits per heavy atom. The molecule has 0 atom stereocenters. The predicted molar refractivity (Wildman–Crippen MR) is 86.7 cm³/mol. The summed E-state index contributed by atoms with van der Waals surface area (Å²) in [5.41, 5.74) is 3.36. The maximum absolute atomic E-state index is 5.44. The van der Waals surface area contributed by atoms with Gasteiger partial charge in [-0.3, -0.25) is 4.98 Å². The molecule has 3 aromatic rings. The van der Waals surface area contributed by atoms with Crippen LogP contribution in [0.1, 0.15) is 12.5 Å². The highest BCUT2D eigenvalue weighted by Crippen LogP contribution is 2.18. The topological polar surface area (TPSA) is 34.1 Å². The Balaban J connectivity index is 1.68. The minimum absolute atomic E-state index is 0.692. The van der Waals surface area contributed by atoms with Crippen molar-refractivity contribution in [2.75, 3.05) is 11.9 Å². The van der Waals surface area contributed by atoms with Crippen LogP contribution in [0.2, 0.25) is 0 Å². The average Bonchev–Trinajstić information content (AvgIpc) is 2.54. The first kappa shape index (κ1) is 13.4. The summed E-state index contributed by atoms with van der Waals surface area (Å²) >= 11 is 0. The zero-order valence-electron chi connectivity index (χ0n) is 12.0. The molecule has 0 radical (unpaired) electrons. The molecule has 0 saturated carbocycles. The van der Waals surface area contributed by atoms with E-state index in [1.54, 1.807) is 0 Å². The molecule has 0 saturated heterocycles. The standard InChI is InChI=1S/C18H18N2O/c1-2-21-17-8-6-16(7-9-17)20-13-14-5-10-18-15(12-14)4-3-11-19-18/h3-12,20H,2,13H2,1H3. The smallest absolute Gasteiger partial charge is 0.119 e. The molecule has 0 aliphatic rings. The maximum Gasteiger partial charge on any atom is 0.119 e. The van der Waals surface area contributed by atoms with E-state index in [-0.39, 0.29) is 0 Å². The Hall–Kier alpha value is -2.55. The monoisotopic (exact) mass is 278 g/mol. The fourth-order valence-electron chi connectivity index (χ4n) is 2.27. The number of benzene rings is 2. The van der Waals surface area contributed by atoms with Crippen LogP contribution in [0.15, 0.2) is 60.8 Å². The lowest BCUT2D eigenvalue weighted by Crippen LogP contribution is -1.99. The Morgan fingerprint density at radius 1 is 1.05 bits per heavy atom. The number of hydrogen-bond donors (Lipinski definition) is 1. The van der Waals surface area contributed by atoms with E-state index in [0.717, 1.165) is 23.5 Å². The van der Waals surface area contributed by atoms with Crippen molar-refractivity contribution in [2.45, 2.75) is 13.5 Å². The van der Waals surface area contributed by atoms with Crippen molar-refractivity contribution in [3.05, 3.63) is 66.4 Å². The van der Waals surface area contributed by atoms with E-state index in [1.807, 2.05) is 43.5 Å². The van der Waals surface area contributed by atoms with Gasteiger partial charge in [0.2, 0.25) is 0 Å². The molecule has 0 bridgehead atoms. The Labute approximate surface area is 124 Å². The van der Waals surface area contributed by atoms with Crippen LogP contribution in [0, 0.1) is 0 Å². The summed E-state index contributed by atoms with van der Waals surface area (Å²) in [7, 11) is 0. The second-order valence-electron chi connectivity index (χ2n) is 4.84. The zero-order chi connectivity index (χ0) is 14.5. The molecule has 1 N–H and O–H groups in total. The Bertz CT molecular complexity index is 723. The molecule has 0 amide bonds. The molecule has 2 aromatic carbocycles. The maximum atomic E-state index is 5.44. The fraction of sp³-hybridized carbons (Fsp3) is 0.167.